The highest BCUT2D eigenvalue weighted by Gasteiger charge is 2.11. The molecule has 0 N–H and O–H groups in total. The van der Waals surface area contributed by atoms with Gasteiger partial charge in [-0.25, -0.2) is 0 Å². The van der Waals surface area contributed by atoms with Crippen LogP contribution in [0.15, 0.2) is 66.7 Å². The molecule has 3 aromatic carbocycles. The molecule has 0 aliphatic heterocycles. The minimum Gasteiger partial charge on any atom is -0.497 e. The zero-order valence-corrected chi connectivity index (χ0v) is 13.7. The Bertz CT molecular complexity index is 905. The van der Waals surface area contributed by atoms with Gasteiger partial charge >= 0.3 is 0 Å². The van der Waals surface area contributed by atoms with Crippen molar-refractivity contribution in [2.45, 2.75) is 0 Å². The molecule has 0 saturated carbocycles. The number of carbonyl (C=O) groups is 1. The van der Waals surface area contributed by atoms with Crippen molar-refractivity contribution < 1.29 is 14.3 Å². The van der Waals surface area contributed by atoms with Crippen molar-refractivity contribution >= 4 is 22.6 Å². The quantitative estimate of drug-likeness (QED) is 0.503. The van der Waals surface area contributed by atoms with Gasteiger partial charge in [-0.15, -0.1) is 0 Å². The van der Waals surface area contributed by atoms with Crippen LogP contribution in [0.25, 0.3) is 16.8 Å². The SMILES string of the molecule is COc1ccc(C(=O)/C=C/c2cccc3ccccc23)c(OC)c1. The molecule has 0 aliphatic rings. The number of hydrogen-bond acceptors (Lipinski definition) is 3. The minimum atomic E-state index is -0.109. The lowest BCUT2D eigenvalue weighted by molar-refractivity contribution is 0.104. The minimum absolute atomic E-state index is 0.109. The molecule has 3 nitrogen and oxygen atoms in total. The number of ketones is 1. The molecule has 0 amide bonds. The molecule has 0 bridgehead atoms. The van der Waals surface area contributed by atoms with E-state index in [2.05, 4.69) is 12.1 Å². The van der Waals surface area contributed by atoms with Crippen molar-refractivity contribution in [3.05, 3.63) is 77.9 Å². The Morgan fingerprint density at radius 2 is 1.71 bits per heavy atom. The summed E-state index contributed by atoms with van der Waals surface area (Å²) in [6.07, 6.45) is 3.42. The Labute approximate surface area is 141 Å². The fraction of sp³-hybridized carbons (Fsp3) is 0.0952. The zero-order valence-electron chi connectivity index (χ0n) is 13.7. The number of benzene rings is 3. The molecule has 3 aromatic rings. The first-order valence-electron chi connectivity index (χ1n) is 7.65. The molecule has 0 aromatic heterocycles. The summed E-state index contributed by atoms with van der Waals surface area (Å²) in [7, 11) is 3.12. The van der Waals surface area contributed by atoms with Gasteiger partial charge in [0, 0.05) is 6.07 Å². The summed E-state index contributed by atoms with van der Waals surface area (Å²) in [5.41, 5.74) is 1.52. The van der Waals surface area contributed by atoms with E-state index in [0.717, 1.165) is 16.3 Å². The molecular weight excluding hydrogens is 300 g/mol. The van der Waals surface area contributed by atoms with Gasteiger partial charge in [-0.1, -0.05) is 48.5 Å². The van der Waals surface area contributed by atoms with E-state index in [1.165, 1.54) is 0 Å². The number of methoxy groups -OCH3 is 2. The zero-order chi connectivity index (χ0) is 16.9. The molecule has 0 aliphatic carbocycles. The topological polar surface area (TPSA) is 35.5 Å². The van der Waals surface area contributed by atoms with E-state index in [1.807, 2.05) is 36.4 Å². The maximum Gasteiger partial charge on any atom is 0.189 e. The fourth-order valence-corrected chi connectivity index (χ4v) is 2.65. The summed E-state index contributed by atoms with van der Waals surface area (Å²) in [5.74, 6) is 1.05. The van der Waals surface area contributed by atoms with E-state index < -0.39 is 0 Å². The van der Waals surface area contributed by atoms with Crippen molar-refractivity contribution in [3.63, 3.8) is 0 Å². The molecule has 0 radical (unpaired) electrons. The molecule has 0 atom stereocenters. The monoisotopic (exact) mass is 318 g/mol. The molecule has 120 valence electrons. The van der Waals surface area contributed by atoms with Crippen molar-refractivity contribution in [3.8, 4) is 11.5 Å². The Balaban J connectivity index is 1.93. The molecule has 0 saturated heterocycles. The van der Waals surface area contributed by atoms with Gasteiger partial charge in [0.1, 0.15) is 11.5 Å². The Morgan fingerprint density at radius 3 is 2.50 bits per heavy atom. The van der Waals surface area contributed by atoms with E-state index in [4.69, 9.17) is 9.47 Å². The molecular formula is C21H18O3. The van der Waals surface area contributed by atoms with Crippen molar-refractivity contribution in [1.29, 1.82) is 0 Å². The van der Waals surface area contributed by atoms with Crippen LogP contribution in [-0.2, 0) is 0 Å². The third-order valence-electron chi connectivity index (χ3n) is 3.91. The second kappa shape index (κ2) is 7.01. The summed E-state index contributed by atoms with van der Waals surface area (Å²) < 4.78 is 10.5. The van der Waals surface area contributed by atoms with Crippen LogP contribution in [0.4, 0.5) is 0 Å². The summed E-state index contributed by atoms with van der Waals surface area (Å²) in [4.78, 5) is 12.5. The first kappa shape index (κ1) is 15.8. The first-order chi connectivity index (χ1) is 11.7. The standard InChI is InChI=1S/C21H18O3/c1-23-17-11-12-19(21(14-17)24-2)20(22)13-10-16-8-5-7-15-6-3-4-9-18(15)16/h3-14H,1-2H3/b13-10+. The molecule has 0 spiro atoms. The van der Waals surface area contributed by atoms with Gasteiger partial charge in [0.15, 0.2) is 5.78 Å². The molecule has 24 heavy (non-hydrogen) atoms. The highest BCUT2D eigenvalue weighted by atomic mass is 16.5. The fourth-order valence-electron chi connectivity index (χ4n) is 2.65. The number of rotatable bonds is 5. The van der Waals surface area contributed by atoms with Crippen LogP contribution in [0, 0.1) is 0 Å². The Kier molecular flexibility index (Phi) is 4.62. The lowest BCUT2D eigenvalue weighted by Crippen LogP contribution is -1.99. The Morgan fingerprint density at radius 1 is 0.917 bits per heavy atom. The van der Waals surface area contributed by atoms with Gasteiger partial charge in [0.25, 0.3) is 0 Å². The number of fused-ring (bicyclic) bond motifs is 1. The number of carbonyl (C=O) groups excluding carboxylic acids is 1. The predicted molar refractivity (Wildman–Crippen MR) is 96.9 cm³/mol. The largest absolute Gasteiger partial charge is 0.497 e. The maximum atomic E-state index is 12.5. The summed E-state index contributed by atoms with van der Waals surface area (Å²) in [5, 5.41) is 2.26. The average Bonchev–Trinajstić information content (AvgIpc) is 2.65. The smallest absolute Gasteiger partial charge is 0.189 e. The number of hydrogen-bond donors (Lipinski definition) is 0. The van der Waals surface area contributed by atoms with Crippen molar-refractivity contribution in [1.82, 2.24) is 0 Å². The highest BCUT2D eigenvalue weighted by Crippen LogP contribution is 2.26. The van der Waals surface area contributed by atoms with E-state index in [1.54, 1.807) is 38.5 Å². The number of allylic oxidation sites excluding steroid dienone is 1. The molecule has 3 rings (SSSR count). The summed E-state index contributed by atoms with van der Waals surface area (Å²) >= 11 is 0. The van der Waals surface area contributed by atoms with Crippen LogP contribution in [0.3, 0.4) is 0 Å². The van der Waals surface area contributed by atoms with Gasteiger partial charge in [-0.05, 0) is 34.5 Å². The number of ether oxygens (including phenoxy) is 2. The van der Waals surface area contributed by atoms with Gasteiger partial charge in [0.05, 0.1) is 19.8 Å². The summed E-state index contributed by atoms with van der Waals surface area (Å²) in [6.45, 7) is 0. The summed E-state index contributed by atoms with van der Waals surface area (Å²) in [6, 6.07) is 19.3. The predicted octanol–water partition coefficient (Wildman–Crippen LogP) is 4.75. The molecule has 0 fully saturated rings. The molecule has 0 unspecified atom stereocenters. The first-order valence-corrected chi connectivity index (χ1v) is 7.65. The highest BCUT2D eigenvalue weighted by molar-refractivity contribution is 6.09. The maximum absolute atomic E-state index is 12.5. The van der Waals surface area contributed by atoms with E-state index >= 15 is 0 Å². The second-order valence-electron chi connectivity index (χ2n) is 5.33. The third kappa shape index (κ3) is 3.15. The third-order valence-corrected chi connectivity index (χ3v) is 3.91. The van der Waals surface area contributed by atoms with Crippen LogP contribution in [0.5, 0.6) is 11.5 Å². The van der Waals surface area contributed by atoms with Crippen LogP contribution >= 0.6 is 0 Å². The van der Waals surface area contributed by atoms with E-state index in [-0.39, 0.29) is 5.78 Å². The van der Waals surface area contributed by atoms with Crippen LogP contribution in [0.1, 0.15) is 15.9 Å². The van der Waals surface area contributed by atoms with E-state index in [9.17, 15) is 4.79 Å². The van der Waals surface area contributed by atoms with E-state index in [0.29, 0.717) is 17.1 Å². The van der Waals surface area contributed by atoms with Crippen molar-refractivity contribution in [2.24, 2.45) is 0 Å². The van der Waals surface area contributed by atoms with Crippen LogP contribution < -0.4 is 9.47 Å². The van der Waals surface area contributed by atoms with Crippen molar-refractivity contribution in [2.75, 3.05) is 14.2 Å². The van der Waals surface area contributed by atoms with Crippen LogP contribution in [-0.4, -0.2) is 20.0 Å². The lowest BCUT2D eigenvalue weighted by Gasteiger charge is -2.08. The van der Waals surface area contributed by atoms with Gasteiger partial charge < -0.3 is 9.47 Å². The molecule has 0 heterocycles. The normalized spacial score (nSPS) is 10.9. The lowest BCUT2D eigenvalue weighted by atomic mass is 10.0. The van der Waals surface area contributed by atoms with Gasteiger partial charge in [0.2, 0.25) is 0 Å². The Hall–Kier alpha value is -3.07. The van der Waals surface area contributed by atoms with Gasteiger partial charge in [-0.2, -0.15) is 0 Å². The second-order valence-corrected chi connectivity index (χ2v) is 5.33. The van der Waals surface area contributed by atoms with Crippen LogP contribution in [0.2, 0.25) is 0 Å². The van der Waals surface area contributed by atoms with Gasteiger partial charge in [-0.3, -0.25) is 4.79 Å². The average molecular weight is 318 g/mol. The molecule has 3 heteroatoms.